The summed E-state index contributed by atoms with van der Waals surface area (Å²) in [6.07, 6.45) is 3.15. The van der Waals surface area contributed by atoms with Gasteiger partial charge in [0.1, 0.15) is 0 Å². The summed E-state index contributed by atoms with van der Waals surface area (Å²) in [7, 11) is -3.74. The van der Waals surface area contributed by atoms with Gasteiger partial charge in [-0.2, -0.15) is 0 Å². The second kappa shape index (κ2) is 8.87. The number of halogens is 1. The summed E-state index contributed by atoms with van der Waals surface area (Å²) in [6.45, 7) is 5.12. The van der Waals surface area contributed by atoms with Crippen LogP contribution in [0.3, 0.4) is 0 Å². The lowest BCUT2D eigenvalue weighted by Gasteiger charge is -2.15. The molecular formula is C19H21ClN2O3S. The minimum atomic E-state index is -3.74. The molecule has 0 aliphatic carbocycles. The Morgan fingerprint density at radius 3 is 2.27 bits per heavy atom. The fourth-order valence-corrected chi connectivity index (χ4v) is 3.63. The fourth-order valence-electron chi connectivity index (χ4n) is 2.31. The van der Waals surface area contributed by atoms with E-state index in [9.17, 15) is 13.2 Å². The first-order valence-corrected chi connectivity index (χ1v) is 10.1. The molecule has 7 heteroatoms. The van der Waals surface area contributed by atoms with Gasteiger partial charge >= 0.3 is 0 Å². The zero-order valence-electron chi connectivity index (χ0n) is 14.6. The molecule has 1 N–H and O–H groups in total. The monoisotopic (exact) mass is 392 g/mol. The van der Waals surface area contributed by atoms with Gasteiger partial charge in [0.15, 0.2) is 0 Å². The zero-order valence-corrected chi connectivity index (χ0v) is 16.2. The fraction of sp³-hybridized carbons (Fsp3) is 0.211. The van der Waals surface area contributed by atoms with Crippen molar-refractivity contribution in [1.82, 2.24) is 4.90 Å². The van der Waals surface area contributed by atoms with Gasteiger partial charge in [-0.15, -0.1) is 0 Å². The third-order valence-corrected chi connectivity index (χ3v) is 5.51. The summed E-state index contributed by atoms with van der Waals surface area (Å²) in [5, 5.41) is 0.325. The highest BCUT2D eigenvalue weighted by atomic mass is 35.5. The van der Waals surface area contributed by atoms with Gasteiger partial charge in [0, 0.05) is 19.2 Å². The van der Waals surface area contributed by atoms with Crippen LogP contribution in [0.1, 0.15) is 19.4 Å². The van der Waals surface area contributed by atoms with Crippen LogP contribution in [-0.4, -0.2) is 32.3 Å². The molecule has 0 saturated carbocycles. The maximum atomic E-state index is 12.4. The summed E-state index contributed by atoms with van der Waals surface area (Å²) < 4.78 is 27.4. The van der Waals surface area contributed by atoms with Crippen molar-refractivity contribution in [2.45, 2.75) is 18.7 Å². The number of amides is 1. The highest BCUT2D eigenvalue weighted by molar-refractivity contribution is 7.92. The second-order valence-electron chi connectivity index (χ2n) is 5.50. The van der Waals surface area contributed by atoms with E-state index < -0.39 is 10.0 Å². The topological polar surface area (TPSA) is 66.5 Å². The van der Waals surface area contributed by atoms with Gasteiger partial charge in [0.25, 0.3) is 10.0 Å². The number of hydrogen-bond acceptors (Lipinski definition) is 3. The Kier molecular flexibility index (Phi) is 6.83. The number of carbonyl (C=O) groups is 1. The molecule has 2 rings (SSSR count). The number of nitrogens with zero attached hydrogens (tertiary/aromatic N) is 1. The van der Waals surface area contributed by atoms with Crippen LogP contribution in [0.15, 0.2) is 59.5 Å². The van der Waals surface area contributed by atoms with Gasteiger partial charge in [-0.05, 0) is 49.8 Å². The molecule has 138 valence electrons. The molecule has 0 bridgehead atoms. The van der Waals surface area contributed by atoms with Gasteiger partial charge in [-0.25, -0.2) is 8.42 Å². The summed E-state index contributed by atoms with van der Waals surface area (Å²) >= 11 is 5.99. The molecule has 0 aliphatic heterocycles. The minimum Gasteiger partial charge on any atom is -0.340 e. The molecule has 0 aliphatic rings. The Morgan fingerprint density at radius 1 is 1.08 bits per heavy atom. The van der Waals surface area contributed by atoms with Gasteiger partial charge in [0.2, 0.25) is 5.91 Å². The number of rotatable bonds is 7. The van der Waals surface area contributed by atoms with Crippen LogP contribution in [0.5, 0.6) is 0 Å². The first-order chi connectivity index (χ1) is 12.4. The van der Waals surface area contributed by atoms with E-state index in [4.69, 9.17) is 11.6 Å². The highest BCUT2D eigenvalue weighted by Crippen LogP contribution is 2.24. The SMILES string of the molecule is CCN(CC)C(=O)/C=C/c1ccc(S(=O)(=O)Nc2ccccc2Cl)cc1. The van der Waals surface area contributed by atoms with Crippen LogP contribution in [0.25, 0.3) is 6.08 Å². The van der Waals surface area contributed by atoms with Gasteiger partial charge in [-0.3, -0.25) is 9.52 Å². The van der Waals surface area contributed by atoms with E-state index in [0.717, 1.165) is 5.56 Å². The molecule has 2 aromatic rings. The molecule has 0 heterocycles. The van der Waals surface area contributed by atoms with Gasteiger partial charge < -0.3 is 4.90 Å². The Bertz CT molecular complexity index is 889. The normalized spacial score (nSPS) is 11.5. The molecule has 0 radical (unpaired) electrons. The Morgan fingerprint density at radius 2 is 1.69 bits per heavy atom. The first kappa shape index (κ1) is 20.0. The second-order valence-corrected chi connectivity index (χ2v) is 7.59. The van der Waals surface area contributed by atoms with Crippen molar-refractivity contribution in [2.75, 3.05) is 17.8 Å². The maximum Gasteiger partial charge on any atom is 0.261 e. The number of para-hydroxylation sites is 1. The smallest absolute Gasteiger partial charge is 0.261 e. The number of likely N-dealkylation sites (N-methyl/N-ethyl adjacent to an activating group) is 1. The molecule has 1 amide bonds. The van der Waals surface area contributed by atoms with Crippen molar-refractivity contribution < 1.29 is 13.2 Å². The van der Waals surface area contributed by atoms with E-state index in [0.29, 0.717) is 23.8 Å². The number of benzene rings is 2. The van der Waals surface area contributed by atoms with Crippen LogP contribution >= 0.6 is 11.6 Å². The lowest BCUT2D eigenvalue weighted by atomic mass is 10.2. The van der Waals surface area contributed by atoms with E-state index in [1.165, 1.54) is 18.2 Å². The summed E-state index contributed by atoms with van der Waals surface area (Å²) in [6, 6.07) is 12.9. The minimum absolute atomic E-state index is 0.0768. The van der Waals surface area contributed by atoms with Crippen LogP contribution < -0.4 is 4.72 Å². The quantitative estimate of drug-likeness (QED) is 0.723. The number of carbonyl (C=O) groups excluding carboxylic acids is 1. The lowest BCUT2D eigenvalue weighted by molar-refractivity contribution is -0.125. The molecule has 2 aromatic carbocycles. The number of hydrogen-bond donors (Lipinski definition) is 1. The molecule has 0 aromatic heterocycles. The van der Waals surface area contributed by atoms with Crippen molar-refractivity contribution in [3.8, 4) is 0 Å². The molecule has 0 fully saturated rings. The van der Waals surface area contributed by atoms with Crippen molar-refractivity contribution in [3.63, 3.8) is 0 Å². The highest BCUT2D eigenvalue weighted by Gasteiger charge is 2.15. The first-order valence-electron chi connectivity index (χ1n) is 8.21. The zero-order chi connectivity index (χ0) is 19.2. The van der Waals surface area contributed by atoms with E-state index in [1.54, 1.807) is 47.4 Å². The maximum absolute atomic E-state index is 12.4. The molecular weight excluding hydrogens is 372 g/mol. The van der Waals surface area contributed by atoms with Crippen molar-refractivity contribution in [1.29, 1.82) is 0 Å². The van der Waals surface area contributed by atoms with E-state index in [-0.39, 0.29) is 10.8 Å². The Hall–Kier alpha value is -2.31. The van der Waals surface area contributed by atoms with Crippen LogP contribution in [-0.2, 0) is 14.8 Å². The number of nitrogens with one attached hydrogen (secondary N) is 1. The average Bonchev–Trinajstić information content (AvgIpc) is 2.63. The summed E-state index contributed by atoms with van der Waals surface area (Å²) in [5.41, 5.74) is 1.06. The van der Waals surface area contributed by atoms with Crippen LogP contribution in [0.4, 0.5) is 5.69 Å². The lowest BCUT2D eigenvalue weighted by Crippen LogP contribution is -2.28. The number of sulfonamides is 1. The molecule has 26 heavy (non-hydrogen) atoms. The predicted octanol–water partition coefficient (Wildman–Crippen LogP) is 4.02. The van der Waals surface area contributed by atoms with Gasteiger partial charge in [0.05, 0.1) is 15.6 Å². The molecule has 5 nitrogen and oxygen atoms in total. The van der Waals surface area contributed by atoms with E-state index >= 15 is 0 Å². The Balaban J connectivity index is 2.13. The van der Waals surface area contributed by atoms with Crippen molar-refractivity contribution in [3.05, 3.63) is 65.2 Å². The largest absolute Gasteiger partial charge is 0.340 e. The Labute approximate surface area is 159 Å². The molecule has 0 spiro atoms. The van der Waals surface area contributed by atoms with E-state index in [2.05, 4.69) is 4.72 Å². The standard InChI is InChI=1S/C19H21ClN2O3S/c1-3-22(4-2)19(23)14-11-15-9-12-16(13-10-15)26(24,25)21-18-8-6-5-7-17(18)20/h5-14,21H,3-4H2,1-2H3/b14-11+. The predicted molar refractivity (Wildman–Crippen MR) is 106 cm³/mol. The third kappa shape index (κ3) is 5.09. The molecule has 0 unspecified atom stereocenters. The van der Waals surface area contributed by atoms with Crippen molar-refractivity contribution >= 4 is 39.3 Å². The van der Waals surface area contributed by atoms with Crippen LogP contribution in [0.2, 0.25) is 5.02 Å². The summed E-state index contributed by atoms with van der Waals surface area (Å²) in [5.74, 6) is -0.0768. The number of anilines is 1. The summed E-state index contributed by atoms with van der Waals surface area (Å²) in [4.78, 5) is 13.8. The van der Waals surface area contributed by atoms with Gasteiger partial charge in [-0.1, -0.05) is 35.9 Å². The third-order valence-electron chi connectivity index (χ3n) is 3.80. The molecule has 0 atom stereocenters. The average molecular weight is 393 g/mol. The molecule has 0 saturated heterocycles. The van der Waals surface area contributed by atoms with Crippen LogP contribution in [0, 0.1) is 0 Å². The van der Waals surface area contributed by atoms with Crippen molar-refractivity contribution in [2.24, 2.45) is 0 Å². The van der Waals surface area contributed by atoms with E-state index in [1.807, 2.05) is 13.8 Å².